The molecule has 0 spiro atoms. The Balaban J connectivity index is 3.46. The predicted octanol–water partition coefficient (Wildman–Crippen LogP) is 1.17. The van der Waals surface area contributed by atoms with Crippen molar-refractivity contribution in [3.05, 3.63) is 0 Å². The molecule has 2 nitrogen and oxygen atoms in total. The van der Waals surface area contributed by atoms with Gasteiger partial charge in [-0.3, -0.25) is 4.79 Å². The van der Waals surface area contributed by atoms with Crippen molar-refractivity contribution in [1.82, 2.24) is 5.32 Å². The SMILES string of the molecule is CCNC(=O)[C@H](C)CC. The number of rotatable bonds is 3. The van der Waals surface area contributed by atoms with Crippen molar-refractivity contribution in [3.63, 3.8) is 0 Å². The molecule has 0 rings (SSSR count). The maximum Gasteiger partial charge on any atom is 0.222 e. The molecule has 0 aliphatic carbocycles. The summed E-state index contributed by atoms with van der Waals surface area (Å²) in [6.07, 6.45) is 0.922. The molecule has 0 heterocycles. The van der Waals surface area contributed by atoms with Gasteiger partial charge in [0.15, 0.2) is 0 Å². The summed E-state index contributed by atoms with van der Waals surface area (Å²) >= 11 is 0. The second-order valence-corrected chi connectivity index (χ2v) is 2.20. The van der Waals surface area contributed by atoms with Crippen LogP contribution in [0.4, 0.5) is 0 Å². The number of amides is 1. The quantitative estimate of drug-likeness (QED) is 0.609. The molecular formula is C7H15NO. The Bertz CT molecular complexity index is 90.9. The van der Waals surface area contributed by atoms with E-state index in [1.807, 2.05) is 20.8 Å². The summed E-state index contributed by atoms with van der Waals surface area (Å²) in [6, 6.07) is 0. The third-order valence-electron chi connectivity index (χ3n) is 1.41. The molecule has 1 amide bonds. The largest absolute Gasteiger partial charge is 0.356 e. The van der Waals surface area contributed by atoms with Gasteiger partial charge in [0, 0.05) is 12.5 Å². The van der Waals surface area contributed by atoms with E-state index in [9.17, 15) is 4.79 Å². The van der Waals surface area contributed by atoms with E-state index in [0.717, 1.165) is 13.0 Å². The molecule has 54 valence electrons. The zero-order chi connectivity index (χ0) is 7.28. The first-order valence-electron chi connectivity index (χ1n) is 3.50. The molecule has 0 unspecified atom stereocenters. The summed E-state index contributed by atoms with van der Waals surface area (Å²) in [4.78, 5) is 10.9. The maximum atomic E-state index is 10.9. The van der Waals surface area contributed by atoms with Gasteiger partial charge in [0.1, 0.15) is 0 Å². The standard InChI is InChI=1S/C7H15NO/c1-4-6(3)7(9)8-5-2/h6H,4-5H2,1-3H3,(H,8,9)/t6-/m1/s1. The van der Waals surface area contributed by atoms with Crippen LogP contribution in [0.2, 0.25) is 0 Å². The molecule has 0 fully saturated rings. The molecular weight excluding hydrogens is 114 g/mol. The number of hydrogen-bond acceptors (Lipinski definition) is 1. The predicted molar refractivity (Wildman–Crippen MR) is 38.1 cm³/mol. The molecule has 9 heavy (non-hydrogen) atoms. The average Bonchev–Trinajstić information content (AvgIpc) is 1.87. The molecule has 1 atom stereocenters. The molecule has 0 aromatic heterocycles. The maximum absolute atomic E-state index is 10.9. The van der Waals surface area contributed by atoms with Crippen molar-refractivity contribution < 1.29 is 4.79 Å². The van der Waals surface area contributed by atoms with Gasteiger partial charge in [-0.2, -0.15) is 0 Å². The topological polar surface area (TPSA) is 29.1 Å². The zero-order valence-electron chi connectivity index (χ0n) is 6.40. The zero-order valence-corrected chi connectivity index (χ0v) is 6.40. The average molecular weight is 129 g/mol. The minimum atomic E-state index is 0.167. The fourth-order valence-electron chi connectivity index (χ4n) is 0.534. The van der Waals surface area contributed by atoms with Crippen LogP contribution in [-0.4, -0.2) is 12.5 Å². The Morgan fingerprint density at radius 2 is 2.11 bits per heavy atom. The van der Waals surface area contributed by atoms with E-state index in [2.05, 4.69) is 5.32 Å². The normalized spacial score (nSPS) is 12.8. The highest BCUT2D eigenvalue weighted by atomic mass is 16.1. The van der Waals surface area contributed by atoms with E-state index in [4.69, 9.17) is 0 Å². The van der Waals surface area contributed by atoms with E-state index in [0.29, 0.717) is 0 Å². The Labute approximate surface area is 56.6 Å². The van der Waals surface area contributed by atoms with E-state index in [-0.39, 0.29) is 11.8 Å². The summed E-state index contributed by atoms with van der Waals surface area (Å²) in [5.74, 6) is 0.338. The molecule has 0 radical (unpaired) electrons. The third kappa shape index (κ3) is 3.12. The van der Waals surface area contributed by atoms with Crippen LogP contribution < -0.4 is 5.32 Å². The van der Waals surface area contributed by atoms with Crippen LogP contribution >= 0.6 is 0 Å². The smallest absolute Gasteiger partial charge is 0.222 e. The van der Waals surface area contributed by atoms with Crippen LogP contribution in [0.5, 0.6) is 0 Å². The second kappa shape index (κ2) is 4.36. The summed E-state index contributed by atoms with van der Waals surface area (Å²) in [7, 11) is 0. The number of carbonyl (C=O) groups is 1. The van der Waals surface area contributed by atoms with Crippen molar-refractivity contribution in [2.45, 2.75) is 27.2 Å². The van der Waals surface area contributed by atoms with E-state index in [1.165, 1.54) is 0 Å². The molecule has 2 heteroatoms. The third-order valence-corrected chi connectivity index (χ3v) is 1.41. The van der Waals surface area contributed by atoms with Crippen molar-refractivity contribution in [3.8, 4) is 0 Å². The Morgan fingerprint density at radius 1 is 1.56 bits per heavy atom. The number of nitrogens with one attached hydrogen (secondary N) is 1. The minimum absolute atomic E-state index is 0.167. The van der Waals surface area contributed by atoms with Gasteiger partial charge in [-0.05, 0) is 13.3 Å². The van der Waals surface area contributed by atoms with Crippen LogP contribution in [-0.2, 0) is 4.79 Å². The fraction of sp³-hybridized carbons (Fsp3) is 0.857. The molecule has 0 aromatic rings. The fourth-order valence-corrected chi connectivity index (χ4v) is 0.534. The minimum Gasteiger partial charge on any atom is -0.356 e. The van der Waals surface area contributed by atoms with Crippen molar-refractivity contribution in [1.29, 1.82) is 0 Å². The van der Waals surface area contributed by atoms with E-state index < -0.39 is 0 Å². The lowest BCUT2D eigenvalue weighted by molar-refractivity contribution is -0.124. The Hall–Kier alpha value is -0.530. The van der Waals surface area contributed by atoms with Crippen molar-refractivity contribution in [2.75, 3.05) is 6.54 Å². The van der Waals surface area contributed by atoms with Crippen molar-refractivity contribution in [2.24, 2.45) is 5.92 Å². The molecule has 0 aromatic carbocycles. The monoisotopic (exact) mass is 129 g/mol. The summed E-state index contributed by atoms with van der Waals surface area (Å²) in [6.45, 7) is 6.62. The van der Waals surface area contributed by atoms with Crippen LogP contribution in [0.1, 0.15) is 27.2 Å². The number of hydrogen-bond donors (Lipinski definition) is 1. The van der Waals surface area contributed by atoms with Gasteiger partial charge in [-0.15, -0.1) is 0 Å². The highest BCUT2D eigenvalue weighted by Gasteiger charge is 2.06. The highest BCUT2D eigenvalue weighted by molar-refractivity contribution is 5.78. The second-order valence-electron chi connectivity index (χ2n) is 2.20. The summed E-state index contributed by atoms with van der Waals surface area (Å²) in [5, 5.41) is 2.76. The van der Waals surface area contributed by atoms with Gasteiger partial charge < -0.3 is 5.32 Å². The van der Waals surface area contributed by atoms with Gasteiger partial charge in [0.2, 0.25) is 5.91 Å². The lowest BCUT2D eigenvalue weighted by Crippen LogP contribution is -2.28. The Morgan fingerprint density at radius 3 is 2.44 bits per heavy atom. The molecule has 0 saturated carbocycles. The van der Waals surface area contributed by atoms with E-state index >= 15 is 0 Å². The number of carbonyl (C=O) groups excluding carboxylic acids is 1. The van der Waals surface area contributed by atoms with E-state index in [1.54, 1.807) is 0 Å². The van der Waals surface area contributed by atoms with Crippen LogP contribution in [0, 0.1) is 5.92 Å². The Kier molecular flexibility index (Phi) is 4.10. The lowest BCUT2D eigenvalue weighted by Gasteiger charge is -2.06. The van der Waals surface area contributed by atoms with Crippen LogP contribution in [0.3, 0.4) is 0 Å². The van der Waals surface area contributed by atoms with Gasteiger partial charge in [-0.1, -0.05) is 13.8 Å². The first-order chi connectivity index (χ1) is 4.22. The first kappa shape index (κ1) is 8.47. The van der Waals surface area contributed by atoms with Crippen LogP contribution in [0.25, 0.3) is 0 Å². The van der Waals surface area contributed by atoms with Gasteiger partial charge in [0.05, 0.1) is 0 Å². The van der Waals surface area contributed by atoms with Crippen LogP contribution in [0.15, 0.2) is 0 Å². The molecule has 1 N–H and O–H groups in total. The highest BCUT2D eigenvalue weighted by Crippen LogP contribution is 1.98. The summed E-state index contributed by atoms with van der Waals surface area (Å²) < 4.78 is 0. The molecule has 0 aliphatic rings. The summed E-state index contributed by atoms with van der Waals surface area (Å²) in [5.41, 5.74) is 0. The van der Waals surface area contributed by atoms with Crippen molar-refractivity contribution >= 4 is 5.91 Å². The molecule has 0 bridgehead atoms. The molecule has 0 saturated heterocycles. The van der Waals surface area contributed by atoms with Gasteiger partial charge in [0.25, 0.3) is 0 Å². The van der Waals surface area contributed by atoms with Gasteiger partial charge >= 0.3 is 0 Å². The lowest BCUT2D eigenvalue weighted by atomic mass is 10.1. The van der Waals surface area contributed by atoms with Gasteiger partial charge in [-0.25, -0.2) is 0 Å². The molecule has 0 aliphatic heterocycles. The first-order valence-corrected chi connectivity index (χ1v) is 3.50.